The number of hydrogen-bond acceptors (Lipinski definition) is 2. The molecular formula is C15H23NO. The molecule has 0 spiro atoms. The molecule has 0 bridgehead atoms. The summed E-state index contributed by atoms with van der Waals surface area (Å²) in [7, 11) is 0. The van der Waals surface area contributed by atoms with Gasteiger partial charge in [0.05, 0.1) is 6.61 Å². The summed E-state index contributed by atoms with van der Waals surface area (Å²) in [6, 6.07) is 8.59. The molecule has 0 aliphatic carbocycles. The van der Waals surface area contributed by atoms with Crippen LogP contribution in [0.4, 0.5) is 0 Å². The molecule has 0 radical (unpaired) electrons. The Morgan fingerprint density at radius 1 is 1.29 bits per heavy atom. The van der Waals surface area contributed by atoms with Gasteiger partial charge in [0, 0.05) is 6.61 Å². The van der Waals surface area contributed by atoms with E-state index < -0.39 is 0 Å². The molecule has 1 aromatic rings. The number of benzene rings is 1. The van der Waals surface area contributed by atoms with Crippen LogP contribution in [0.3, 0.4) is 0 Å². The lowest BCUT2D eigenvalue weighted by Crippen LogP contribution is -2.30. The Balaban J connectivity index is 1.60. The van der Waals surface area contributed by atoms with E-state index in [2.05, 4.69) is 36.5 Å². The van der Waals surface area contributed by atoms with Crippen LogP contribution in [-0.4, -0.2) is 19.7 Å². The van der Waals surface area contributed by atoms with Gasteiger partial charge in [0.2, 0.25) is 0 Å². The van der Waals surface area contributed by atoms with Crippen molar-refractivity contribution in [2.24, 2.45) is 5.92 Å². The quantitative estimate of drug-likeness (QED) is 0.790. The fourth-order valence-electron chi connectivity index (χ4n) is 2.29. The maximum Gasteiger partial charge on any atom is 0.0716 e. The van der Waals surface area contributed by atoms with Crippen molar-refractivity contribution >= 4 is 0 Å². The van der Waals surface area contributed by atoms with Gasteiger partial charge in [-0.15, -0.1) is 0 Å². The van der Waals surface area contributed by atoms with Crippen LogP contribution in [0.1, 0.15) is 30.4 Å². The Labute approximate surface area is 104 Å². The Bertz CT molecular complexity index is 314. The van der Waals surface area contributed by atoms with E-state index in [4.69, 9.17) is 4.74 Å². The summed E-state index contributed by atoms with van der Waals surface area (Å²) in [5.41, 5.74) is 2.58. The summed E-state index contributed by atoms with van der Waals surface area (Å²) in [6.45, 7) is 6.12. The van der Waals surface area contributed by atoms with E-state index in [0.717, 1.165) is 19.1 Å². The first kappa shape index (κ1) is 12.6. The average molecular weight is 233 g/mol. The smallest absolute Gasteiger partial charge is 0.0716 e. The fourth-order valence-corrected chi connectivity index (χ4v) is 2.29. The first-order valence-corrected chi connectivity index (χ1v) is 6.68. The Hall–Kier alpha value is -0.860. The van der Waals surface area contributed by atoms with Crippen molar-refractivity contribution in [3.05, 3.63) is 35.4 Å². The van der Waals surface area contributed by atoms with Crippen molar-refractivity contribution in [3.8, 4) is 0 Å². The fraction of sp³-hybridized carbons (Fsp3) is 0.600. The minimum atomic E-state index is 0.750. The van der Waals surface area contributed by atoms with Gasteiger partial charge in [0.25, 0.3) is 0 Å². The van der Waals surface area contributed by atoms with E-state index in [-0.39, 0.29) is 0 Å². The molecule has 1 N–H and O–H groups in total. The third kappa shape index (κ3) is 4.49. The third-order valence-electron chi connectivity index (χ3n) is 3.46. The van der Waals surface area contributed by atoms with Crippen LogP contribution in [0.2, 0.25) is 0 Å². The number of rotatable bonds is 5. The summed E-state index contributed by atoms with van der Waals surface area (Å²) in [6.07, 6.45) is 3.88. The first-order chi connectivity index (χ1) is 8.34. The van der Waals surface area contributed by atoms with Crippen molar-refractivity contribution in [1.29, 1.82) is 0 Å². The van der Waals surface area contributed by atoms with Crippen molar-refractivity contribution in [2.45, 2.75) is 32.8 Å². The molecule has 2 heteroatoms. The molecule has 1 aliphatic heterocycles. The number of aryl methyl sites for hydroxylation is 1. The second kappa shape index (κ2) is 6.77. The van der Waals surface area contributed by atoms with Crippen LogP contribution < -0.4 is 5.32 Å². The first-order valence-electron chi connectivity index (χ1n) is 6.68. The maximum absolute atomic E-state index is 5.73. The van der Waals surface area contributed by atoms with E-state index in [1.165, 1.54) is 43.5 Å². The maximum atomic E-state index is 5.73. The third-order valence-corrected chi connectivity index (χ3v) is 3.46. The normalized spacial score (nSPS) is 20.4. The van der Waals surface area contributed by atoms with Gasteiger partial charge in [-0.2, -0.15) is 0 Å². The number of piperidine rings is 1. The van der Waals surface area contributed by atoms with Gasteiger partial charge in [0.15, 0.2) is 0 Å². The molecule has 2 nitrogen and oxygen atoms in total. The SMILES string of the molecule is Cc1ccc(COCC[C@H]2CCCNC2)cc1. The summed E-state index contributed by atoms with van der Waals surface area (Å²) in [5.74, 6) is 0.821. The molecule has 17 heavy (non-hydrogen) atoms. The molecular weight excluding hydrogens is 210 g/mol. The summed E-state index contributed by atoms with van der Waals surface area (Å²) >= 11 is 0. The zero-order chi connectivity index (χ0) is 11.9. The minimum absolute atomic E-state index is 0.750. The molecule has 1 aliphatic rings. The molecule has 1 saturated heterocycles. The van der Waals surface area contributed by atoms with E-state index in [0.29, 0.717) is 0 Å². The van der Waals surface area contributed by atoms with Gasteiger partial charge >= 0.3 is 0 Å². The number of ether oxygens (including phenoxy) is 1. The van der Waals surface area contributed by atoms with Gasteiger partial charge in [0.1, 0.15) is 0 Å². The van der Waals surface area contributed by atoms with Crippen molar-refractivity contribution < 1.29 is 4.74 Å². The largest absolute Gasteiger partial charge is 0.377 e. The molecule has 1 fully saturated rings. The second-order valence-corrected chi connectivity index (χ2v) is 5.04. The van der Waals surface area contributed by atoms with Crippen molar-refractivity contribution in [2.75, 3.05) is 19.7 Å². The van der Waals surface area contributed by atoms with Crippen molar-refractivity contribution in [1.82, 2.24) is 5.32 Å². The molecule has 0 aromatic heterocycles. The highest BCUT2D eigenvalue weighted by molar-refractivity contribution is 5.20. The van der Waals surface area contributed by atoms with Gasteiger partial charge < -0.3 is 10.1 Å². The monoisotopic (exact) mass is 233 g/mol. The van der Waals surface area contributed by atoms with E-state index in [1.807, 2.05) is 0 Å². The zero-order valence-electron chi connectivity index (χ0n) is 10.7. The van der Waals surface area contributed by atoms with Crippen LogP contribution >= 0.6 is 0 Å². The predicted octanol–water partition coefficient (Wildman–Crippen LogP) is 2.90. The lowest BCUT2D eigenvalue weighted by molar-refractivity contribution is 0.103. The van der Waals surface area contributed by atoms with Crippen LogP contribution in [0.25, 0.3) is 0 Å². The molecule has 94 valence electrons. The number of hydrogen-bond donors (Lipinski definition) is 1. The molecule has 1 atom stereocenters. The molecule has 2 rings (SSSR count). The molecule has 0 unspecified atom stereocenters. The predicted molar refractivity (Wildman–Crippen MR) is 71.0 cm³/mol. The van der Waals surface area contributed by atoms with E-state index in [9.17, 15) is 0 Å². The van der Waals surface area contributed by atoms with Crippen LogP contribution in [-0.2, 0) is 11.3 Å². The highest BCUT2D eigenvalue weighted by Gasteiger charge is 2.12. The molecule has 0 saturated carbocycles. The average Bonchev–Trinajstić information content (AvgIpc) is 2.38. The molecule has 0 amide bonds. The summed E-state index contributed by atoms with van der Waals surface area (Å²) < 4.78 is 5.73. The topological polar surface area (TPSA) is 21.3 Å². The number of nitrogens with one attached hydrogen (secondary N) is 1. The van der Waals surface area contributed by atoms with E-state index >= 15 is 0 Å². The zero-order valence-corrected chi connectivity index (χ0v) is 10.7. The minimum Gasteiger partial charge on any atom is -0.377 e. The highest BCUT2D eigenvalue weighted by Crippen LogP contribution is 2.14. The van der Waals surface area contributed by atoms with Crippen LogP contribution in [0.15, 0.2) is 24.3 Å². The standard InChI is InChI=1S/C15H23NO/c1-13-4-6-15(7-5-13)12-17-10-8-14-3-2-9-16-11-14/h4-7,14,16H,2-3,8-12H2,1H3/t14-/m1/s1. The Morgan fingerprint density at radius 3 is 2.82 bits per heavy atom. The van der Waals surface area contributed by atoms with Gasteiger partial charge in [-0.3, -0.25) is 0 Å². The van der Waals surface area contributed by atoms with E-state index in [1.54, 1.807) is 0 Å². The molecule has 1 aromatic carbocycles. The van der Waals surface area contributed by atoms with Crippen molar-refractivity contribution in [3.63, 3.8) is 0 Å². The van der Waals surface area contributed by atoms with Gasteiger partial charge in [-0.05, 0) is 50.8 Å². The highest BCUT2D eigenvalue weighted by atomic mass is 16.5. The summed E-state index contributed by atoms with van der Waals surface area (Å²) in [5, 5.41) is 3.44. The lowest BCUT2D eigenvalue weighted by atomic mass is 9.97. The lowest BCUT2D eigenvalue weighted by Gasteiger charge is -2.22. The van der Waals surface area contributed by atoms with Crippen LogP contribution in [0.5, 0.6) is 0 Å². The second-order valence-electron chi connectivity index (χ2n) is 5.04. The Morgan fingerprint density at radius 2 is 2.12 bits per heavy atom. The van der Waals surface area contributed by atoms with Gasteiger partial charge in [-0.1, -0.05) is 29.8 Å². The summed E-state index contributed by atoms with van der Waals surface area (Å²) in [4.78, 5) is 0. The van der Waals surface area contributed by atoms with Gasteiger partial charge in [-0.25, -0.2) is 0 Å². The molecule has 1 heterocycles. The Kier molecular flexibility index (Phi) is 5.02. The van der Waals surface area contributed by atoms with Crippen LogP contribution in [0, 0.1) is 12.8 Å².